The van der Waals surface area contributed by atoms with E-state index >= 15 is 0 Å². The highest BCUT2D eigenvalue weighted by atomic mass is 32.1. The van der Waals surface area contributed by atoms with E-state index in [-0.39, 0.29) is 0 Å². The molecule has 0 spiro atoms. The lowest BCUT2D eigenvalue weighted by Crippen LogP contribution is -1.96. The molecule has 0 bridgehead atoms. The fraction of sp³-hybridized carbons (Fsp3) is 0. The van der Waals surface area contributed by atoms with Crippen molar-refractivity contribution in [3.05, 3.63) is 164 Å². The van der Waals surface area contributed by atoms with Crippen molar-refractivity contribution < 1.29 is 0 Å². The van der Waals surface area contributed by atoms with Crippen molar-refractivity contribution >= 4 is 43.4 Å². The van der Waals surface area contributed by atoms with Crippen LogP contribution in [0.25, 0.3) is 81.8 Å². The van der Waals surface area contributed by atoms with Crippen molar-refractivity contribution in [3.8, 4) is 49.8 Å². The molecule has 0 aliphatic rings. The Balaban J connectivity index is 1.17. The second-order valence-electron chi connectivity index (χ2n) is 11.5. The van der Waals surface area contributed by atoms with Crippen molar-refractivity contribution in [1.82, 2.24) is 14.5 Å². The topological polar surface area (TPSA) is 30.7 Å². The fourth-order valence-electron chi connectivity index (χ4n) is 6.51. The quantitative estimate of drug-likeness (QED) is 0.195. The molecular formula is C42H27N3S. The first-order chi connectivity index (χ1) is 22.8. The lowest BCUT2D eigenvalue weighted by atomic mass is 9.97. The molecule has 0 unspecified atom stereocenters. The molecule has 0 atom stereocenters. The van der Waals surface area contributed by atoms with E-state index in [1.165, 1.54) is 32.1 Å². The van der Waals surface area contributed by atoms with E-state index in [1.54, 1.807) is 11.3 Å². The number of fused-ring (bicyclic) bond motifs is 4. The molecule has 0 saturated heterocycles. The van der Waals surface area contributed by atoms with Crippen LogP contribution in [0.15, 0.2) is 164 Å². The van der Waals surface area contributed by atoms with Crippen LogP contribution in [0.5, 0.6) is 0 Å². The standard InChI is InChI=1S/C42H27N3S/c1-2-10-28(11-3-1)29-19-21-30(22-20-29)34-15-9-25-43-41(34)31-12-8-13-33(26-31)45-38-17-6-4-14-35(38)36-24-23-32(27-39(36)45)42-44-37-16-5-7-18-40(37)46-42/h1-27H. The maximum absolute atomic E-state index is 4.96. The van der Waals surface area contributed by atoms with E-state index < -0.39 is 0 Å². The summed E-state index contributed by atoms with van der Waals surface area (Å²) in [5.74, 6) is 0. The predicted octanol–water partition coefficient (Wildman–Crippen LogP) is 11.5. The summed E-state index contributed by atoms with van der Waals surface area (Å²) in [6.45, 7) is 0. The Morgan fingerprint density at radius 2 is 1.20 bits per heavy atom. The third kappa shape index (κ3) is 4.50. The van der Waals surface area contributed by atoms with Crippen LogP contribution in [0.1, 0.15) is 0 Å². The number of aromatic nitrogens is 3. The number of benzene rings is 6. The SMILES string of the molecule is c1ccc(-c2ccc(-c3cccnc3-c3cccc(-n4c5ccccc5c5ccc(-c6nc7ccccc7s6)cc54)c3)cc2)cc1. The van der Waals surface area contributed by atoms with Gasteiger partial charge in [0, 0.05) is 39.3 Å². The zero-order valence-corrected chi connectivity index (χ0v) is 25.7. The molecule has 0 N–H and O–H groups in total. The van der Waals surface area contributed by atoms with Crippen LogP contribution in [-0.2, 0) is 0 Å². The Morgan fingerprint density at radius 1 is 0.478 bits per heavy atom. The number of hydrogen-bond donors (Lipinski definition) is 0. The highest BCUT2D eigenvalue weighted by Crippen LogP contribution is 2.38. The average molecular weight is 606 g/mol. The van der Waals surface area contributed by atoms with Gasteiger partial charge in [0.05, 0.1) is 26.9 Å². The van der Waals surface area contributed by atoms with Gasteiger partial charge in [-0.1, -0.05) is 115 Å². The minimum Gasteiger partial charge on any atom is -0.309 e. The maximum Gasteiger partial charge on any atom is 0.124 e. The first-order valence-corrected chi connectivity index (χ1v) is 16.2. The first-order valence-electron chi connectivity index (χ1n) is 15.4. The van der Waals surface area contributed by atoms with Crippen LogP contribution in [0.3, 0.4) is 0 Å². The summed E-state index contributed by atoms with van der Waals surface area (Å²) in [5, 5.41) is 3.49. The Labute approximate surface area is 270 Å². The zero-order valence-electron chi connectivity index (χ0n) is 24.8. The van der Waals surface area contributed by atoms with E-state index in [9.17, 15) is 0 Å². The second-order valence-corrected chi connectivity index (χ2v) is 12.5. The summed E-state index contributed by atoms with van der Waals surface area (Å²) in [4.78, 5) is 9.87. The summed E-state index contributed by atoms with van der Waals surface area (Å²) in [5.41, 5.74) is 12.3. The fourth-order valence-corrected chi connectivity index (χ4v) is 7.47. The largest absolute Gasteiger partial charge is 0.309 e. The monoisotopic (exact) mass is 605 g/mol. The molecule has 0 fully saturated rings. The molecule has 216 valence electrons. The summed E-state index contributed by atoms with van der Waals surface area (Å²) in [6.07, 6.45) is 1.88. The lowest BCUT2D eigenvalue weighted by molar-refractivity contribution is 1.18. The van der Waals surface area contributed by atoms with Gasteiger partial charge in [-0.05, 0) is 59.2 Å². The molecule has 46 heavy (non-hydrogen) atoms. The van der Waals surface area contributed by atoms with Gasteiger partial charge in [-0.15, -0.1) is 11.3 Å². The maximum atomic E-state index is 4.96. The molecule has 0 aliphatic carbocycles. The van der Waals surface area contributed by atoms with Crippen molar-refractivity contribution in [2.75, 3.05) is 0 Å². The van der Waals surface area contributed by atoms with Crippen molar-refractivity contribution in [2.24, 2.45) is 0 Å². The summed E-state index contributed by atoms with van der Waals surface area (Å²) in [6, 6.07) is 56.0. The number of para-hydroxylation sites is 2. The lowest BCUT2D eigenvalue weighted by Gasteiger charge is -2.13. The van der Waals surface area contributed by atoms with Gasteiger partial charge < -0.3 is 4.57 Å². The van der Waals surface area contributed by atoms with Crippen LogP contribution >= 0.6 is 11.3 Å². The Hall–Kier alpha value is -5.84. The van der Waals surface area contributed by atoms with Crippen molar-refractivity contribution in [2.45, 2.75) is 0 Å². The van der Waals surface area contributed by atoms with Gasteiger partial charge in [-0.3, -0.25) is 4.98 Å². The molecule has 9 rings (SSSR count). The van der Waals surface area contributed by atoms with Gasteiger partial charge in [0.2, 0.25) is 0 Å². The normalized spacial score (nSPS) is 11.5. The number of nitrogens with zero attached hydrogens (tertiary/aromatic N) is 3. The average Bonchev–Trinajstić information content (AvgIpc) is 3.71. The molecule has 3 nitrogen and oxygen atoms in total. The third-order valence-corrected chi connectivity index (χ3v) is 9.79. The number of thiazole rings is 1. The van der Waals surface area contributed by atoms with Crippen LogP contribution in [0.2, 0.25) is 0 Å². The molecule has 0 aliphatic heterocycles. The Morgan fingerprint density at radius 3 is 2.09 bits per heavy atom. The number of rotatable bonds is 5. The molecule has 0 amide bonds. The summed E-state index contributed by atoms with van der Waals surface area (Å²) in [7, 11) is 0. The molecule has 3 aromatic heterocycles. The molecule has 0 saturated carbocycles. The zero-order chi connectivity index (χ0) is 30.5. The molecule has 3 heterocycles. The van der Waals surface area contributed by atoms with E-state index in [0.717, 1.165) is 49.7 Å². The van der Waals surface area contributed by atoms with Crippen LogP contribution < -0.4 is 0 Å². The van der Waals surface area contributed by atoms with E-state index in [2.05, 4.69) is 150 Å². The molecule has 0 radical (unpaired) electrons. The summed E-state index contributed by atoms with van der Waals surface area (Å²) < 4.78 is 3.58. The van der Waals surface area contributed by atoms with Crippen molar-refractivity contribution in [1.29, 1.82) is 0 Å². The first kappa shape index (κ1) is 26.6. The van der Waals surface area contributed by atoms with Gasteiger partial charge in [-0.2, -0.15) is 0 Å². The van der Waals surface area contributed by atoms with Gasteiger partial charge in [-0.25, -0.2) is 4.98 Å². The third-order valence-electron chi connectivity index (χ3n) is 8.70. The van der Waals surface area contributed by atoms with Crippen LogP contribution in [0.4, 0.5) is 0 Å². The smallest absolute Gasteiger partial charge is 0.124 e. The molecule has 4 heteroatoms. The van der Waals surface area contributed by atoms with Crippen LogP contribution in [0, 0.1) is 0 Å². The minimum absolute atomic E-state index is 0.966. The minimum atomic E-state index is 0.966. The highest BCUT2D eigenvalue weighted by molar-refractivity contribution is 7.21. The molecule has 6 aromatic carbocycles. The van der Waals surface area contributed by atoms with Crippen LogP contribution in [-0.4, -0.2) is 14.5 Å². The highest BCUT2D eigenvalue weighted by Gasteiger charge is 2.16. The molecule has 9 aromatic rings. The van der Waals surface area contributed by atoms with Gasteiger partial charge in [0.25, 0.3) is 0 Å². The predicted molar refractivity (Wildman–Crippen MR) is 193 cm³/mol. The molecular weight excluding hydrogens is 579 g/mol. The van der Waals surface area contributed by atoms with E-state index in [4.69, 9.17) is 9.97 Å². The Bertz CT molecular complexity index is 2490. The van der Waals surface area contributed by atoms with Gasteiger partial charge in [0.1, 0.15) is 5.01 Å². The second kappa shape index (κ2) is 11.0. The number of pyridine rings is 1. The van der Waals surface area contributed by atoms with Gasteiger partial charge >= 0.3 is 0 Å². The van der Waals surface area contributed by atoms with Crippen molar-refractivity contribution in [3.63, 3.8) is 0 Å². The van der Waals surface area contributed by atoms with E-state index in [0.29, 0.717) is 0 Å². The van der Waals surface area contributed by atoms with E-state index in [1.807, 2.05) is 18.3 Å². The van der Waals surface area contributed by atoms with Gasteiger partial charge in [0.15, 0.2) is 0 Å². The summed E-state index contributed by atoms with van der Waals surface area (Å²) >= 11 is 1.74. The number of hydrogen-bond acceptors (Lipinski definition) is 3. The Kier molecular flexibility index (Phi) is 6.32.